The van der Waals surface area contributed by atoms with Crippen LogP contribution in [0.5, 0.6) is 0 Å². The van der Waals surface area contributed by atoms with Crippen LogP contribution in [-0.2, 0) is 16.1 Å². The van der Waals surface area contributed by atoms with Crippen LogP contribution in [-0.4, -0.2) is 42.8 Å². The average molecular weight is 272 g/mol. The van der Waals surface area contributed by atoms with E-state index in [0.717, 1.165) is 5.56 Å². The Balaban J connectivity index is 2.53. The van der Waals surface area contributed by atoms with E-state index in [9.17, 15) is 4.79 Å². The van der Waals surface area contributed by atoms with Crippen molar-refractivity contribution in [3.8, 4) is 0 Å². The van der Waals surface area contributed by atoms with Gasteiger partial charge in [0, 0.05) is 31.8 Å². The number of halogens is 1. The van der Waals surface area contributed by atoms with E-state index in [0.29, 0.717) is 31.3 Å². The highest BCUT2D eigenvalue weighted by Gasteiger charge is 2.08. The van der Waals surface area contributed by atoms with Crippen molar-refractivity contribution in [3.05, 3.63) is 34.9 Å². The maximum absolute atomic E-state index is 10.6. The van der Waals surface area contributed by atoms with Crippen molar-refractivity contribution in [2.75, 3.05) is 26.8 Å². The summed E-state index contributed by atoms with van der Waals surface area (Å²) in [4.78, 5) is 12.7. The first-order valence-corrected chi connectivity index (χ1v) is 6.17. The minimum absolute atomic E-state index is 0.136. The fourth-order valence-corrected chi connectivity index (χ4v) is 1.72. The molecule has 0 heterocycles. The molecular formula is C13H18ClNO3. The number of carboxylic acid groups (broad SMARTS) is 1. The molecule has 0 atom stereocenters. The summed E-state index contributed by atoms with van der Waals surface area (Å²) in [5.74, 6) is -0.784. The summed E-state index contributed by atoms with van der Waals surface area (Å²) in [5.41, 5.74) is 1.11. The second kappa shape index (κ2) is 8.08. The lowest BCUT2D eigenvalue weighted by Crippen LogP contribution is -2.29. The summed E-state index contributed by atoms with van der Waals surface area (Å²) in [5, 5.41) is 9.42. The lowest BCUT2D eigenvalue weighted by Gasteiger charge is -2.21. The number of rotatable bonds is 8. The third-order valence-electron chi connectivity index (χ3n) is 2.57. The van der Waals surface area contributed by atoms with Gasteiger partial charge in [0.1, 0.15) is 0 Å². The molecule has 1 N–H and O–H groups in total. The molecule has 1 rings (SSSR count). The number of aliphatic carboxylic acids is 1. The van der Waals surface area contributed by atoms with Crippen LogP contribution in [0.25, 0.3) is 0 Å². The number of nitrogens with zero attached hydrogens (tertiary/aromatic N) is 1. The van der Waals surface area contributed by atoms with Crippen LogP contribution in [0.2, 0.25) is 5.02 Å². The van der Waals surface area contributed by atoms with Crippen LogP contribution in [0.15, 0.2) is 24.3 Å². The van der Waals surface area contributed by atoms with Crippen LogP contribution < -0.4 is 0 Å². The van der Waals surface area contributed by atoms with Crippen LogP contribution >= 0.6 is 11.6 Å². The summed E-state index contributed by atoms with van der Waals surface area (Å²) in [7, 11) is 1.64. The zero-order chi connectivity index (χ0) is 13.4. The van der Waals surface area contributed by atoms with Crippen molar-refractivity contribution in [2.24, 2.45) is 0 Å². The molecular weight excluding hydrogens is 254 g/mol. The van der Waals surface area contributed by atoms with Crippen LogP contribution in [0.1, 0.15) is 12.0 Å². The Hall–Kier alpha value is -1.10. The summed E-state index contributed by atoms with van der Waals surface area (Å²) in [6.07, 6.45) is 0.136. The van der Waals surface area contributed by atoms with Crippen molar-refractivity contribution in [3.63, 3.8) is 0 Å². The number of hydrogen-bond donors (Lipinski definition) is 1. The number of benzene rings is 1. The molecule has 0 spiro atoms. The Bertz CT molecular complexity index is 367. The van der Waals surface area contributed by atoms with E-state index in [1.165, 1.54) is 0 Å². The van der Waals surface area contributed by atoms with Gasteiger partial charge in [0.2, 0.25) is 0 Å². The van der Waals surface area contributed by atoms with E-state index >= 15 is 0 Å². The SMILES string of the molecule is COCCN(CCC(=O)O)Cc1ccc(Cl)cc1. The minimum Gasteiger partial charge on any atom is -0.481 e. The number of ether oxygens (including phenoxy) is 1. The summed E-state index contributed by atoms with van der Waals surface area (Å²) in [6.45, 7) is 2.52. The Morgan fingerprint density at radius 3 is 2.56 bits per heavy atom. The standard InChI is InChI=1S/C13H18ClNO3/c1-18-9-8-15(7-6-13(16)17)10-11-2-4-12(14)5-3-11/h2-5H,6-10H2,1H3,(H,16,17). The second-order valence-electron chi connectivity index (χ2n) is 4.04. The van der Waals surface area contributed by atoms with E-state index in [-0.39, 0.29) is 6.42 Å². The van der Waals surface area contributed by atoms with Gasteiger partial charge in [-0.15, -0.1) is 0 Å². The first-order chi connectivity index (χ1) is 8.61. The molecule has 0 aliphatic heterocycles. The Morgan fingerprint density at radius 1 is 1.33 bits per heavy atom. The molecule has 100 valence electrons. The lowest BCUT2D eigenvalue weighted by molar-refractivity contribution is -0.137. The molecule has 0 bridgehead atoms. The van der Waals surface area contributed by atoms with E-state index in [2.05, 4.69) is 4.90 Å². The normalized spacial score (nSPS) is 10.8. The van der Waals surface area contributed by atoms with Gasteiger partial charge in [-0.25, -0.2) is 0 Å². The molecule has 0 unspecified atom stereocenters. The topological polar surface area (TPSA) is 49.8 Å². The van der Waals surface area contributed by atoms with Gasteiger partial charge in [-0.2, -0.15) is 0 Å². The van der Waals surface area contributed by atoms with Gasteiger partial charge in [0.05, 0.1) is 13.0 Å². The Labute approximate surface area is 112 Å². The largest absolute Gasteiger partial charge is 0.481 e. The van der Waals surface area contributed by atoms with Crippen molar-refractivity contribution in [2.45, 2.75) is 13.0 Å². The molecule has 1 aromatic carbocycles. The highest BCUT2D eigenvalue weighted by Crippen LogP contribution is 2.11. The van der Waals surface area contributed by atoms with Crippen molar-refractivity contribution >= 4 is 17.6 Å². The highest BCUT2D eigenvalue weighted by molar-refractivity contribution is 6.30. The highest BCUT2D eigenvalue weighted by atomic mass is 35.5. The number of carbonyl (C=O) groups is 1. The molecule has 0 aliphatic rings. The molecule has 5 heteroatoms. The van der Waals surface area contributed by atoms with Crippen molar-refractivity contribution < 1.29 is 14.6 Å². The van der Waals surface area contributed by atoms with Gasteiger partial charge < -0.3 is 9.84 Å². The van der Waals surface area contributed by atoms with Gasteiger partial charge in [0.25, 0.3) is 0 Å². The first kappa shape index (κ1) is 15.0. The molecule has 18 heavy (non-hydrogen) atoms. The Morgan fingerprint density at radius 2 is 2.00 bits per heavy atom. The van der Waals surface area contributed by atoms with Crippen LogP contribution in [0, 0.1) is 0 Å². The van der Waals surface area contributed by atoms with Gasteiger partial charge in [-0.1, -0.05) is 23.7 Å². The predicted octanol–water partition coefficient (Wildman–Crippen LogP) is 2.26. The fourth-order valence-electron chi connectivity index (χ4n) is 1.59. The second-order valence-corrected chi connectivity index (χ2v) is 4.48. The molecule has 0 radical (unpaired) electrons. The third-order valence-corrected chi connectivity index (χ3v) is 2.82. The van der Waals surface area contributed by atoms with E-state index in [1.807, 2.05) is 24.3 Å². The molecule has 0 fully saturated rings. The molecule has 0 amide bonds. The molecule has 0 aliphatic carbocycles. The van der Waals surface area contributed by atoms with Gasteiger partial charge in [-0.3, -0.25) is 9.69 Å². The average Bonchev–Trinajstić information content (AvgIpc) is 2.35. The van der Waals surface area contributed by atoms with Crippen molar-refractivity contribution in [1.29, 1.82) is 0 Å². The maximum atomic E-state index is 10.6. The van der Waals surface area contributed by atoms with Crippen molar-refractivity contribution in [1.82, 2.24) is 4.90 Å². The summed E-state index contributed by atoms with van der Waals surface area (Å²) in [6, 6.07) is 7.57. The van der Waals surface area contributed by atoms with Crippen LogP contribution in [0.3, 0.4) is 0 Å². The Kier molecular flexibility index (Phi) is 6.72. The molecule has 0 saturated carbocycles. The monoisotopic (exact) mass is 271 g/mol. The number of methoxy groups -OCH3 is 1. The molecule has 0 saturated heterocycles. The van der Waals surface area contributed by atoms with Crippen LogP contribution in [0.4, 0.5) is 0 Å². The van der Waals surface area contributed by atoms with Gasteiger partial charge in [-0.05, 0) is 17.7 Å². The molecule has 1 aromatic rings. The first-order valence-electron chi connectivity index (χ1n) is 5.79. The summed E-state index contributed by atoms with van der Waals surface area (Å²) >= 11 is 5.82. The molecule has 0 aromatic heterocycles. The van der Waals surface area contributed by atoms with Gasteiger partial charge in [0.15, 0.2) is 0 Å². The lowest BCUT2D eigenvalue weighted by atomic mass is 10.2. The zero-order valence-corrected chi connectivity index (χ0v) is 11.2. The van der Waals surface area contributed by atoms with E-state index in [4.69, 9.17) is 21.4 Å². The van der Waals surface area contributed by atoms with E-state index < -0.39 is 5.97 Å². The molecule has 4 nitrogen and oxygen atoms in total. The minimum atomic E-state index is -0.784. The quantitative estimate of drug-likeness (QED) is 0.788. The van der Waals surface area contributed by atoms with E-state index in [1.54, 1.807) is 7.11 Å². The fraction of sp³-hybridized carbons (Fsp3) is 0.462. The summed E-state index contributed by atoms with van der Waals surface area (Å²) < 4.78 is 5.03. The predicted molar refractivity (Wildman–Crippen MR) is 70.9 cm³/mol. The van der Waals surface area contributed by atoms with Gasteiger partial charge >= 0.3 is 5.97 Å². The maximum Gasteiger partial charge on any atom is 0.304 e. The number of hydrogen-bond acceptors (Lipinski definition) is 3. The third kappa shape index (κ3) is 6.00. The zero-order valence-electron chi connectivity index (χ0n) is 10.4. The number of carboxylic acids is 1. The smallest absolute Gasteiger partial charge is 0.304 e.